The Morgan fingerprint density at radius 2 is 2.21 bits per heavy atom. The van der Waals surface area contributed by atoms with Gasteiger partial charge in [0, 0.05) is 11.0 Å². The van der Waals surface area contributed by atoms with Crippen LogP contribution in [0.25, 0.3) is 0 Å². The lowest BCUT2D eigenvalue weighted by Gasteiger charge is -2.05. The lowest BCUT2D eigenvalue weighted by Crippen LogP contribution is -2.08. The summed E-state index contributed by atoms with van der Waals surface area (Å²) in [7, 11) is 1.35. The molecule has 0 bridgehead atoms. The van der Waals surface area contributed by atoms with Gasteiger partial charge in [-0.2, -0.15) is 0 Å². The van der Waals surface area contributed by atoms with E-state index in [2.05, 4.69) is 20.7 Å². The maximum absolute atomic E-state index is 11.2. The summed E-state index contributed by atoms with van der Waals surface area (Å²) in [6, 6.07) is 5.35. The van der Waals surface area contributed by atoms with Crippen molar-refractivity contribution in [1.29, 1.82) is 0 Å². The number of ether oxygens (including phenoxy) is 1. The molecule has 1 aromatic carbocycles. The van der Waals surface area contributed by atoms with Crippen LogP contribution in [0.1, 0.15) is 15.9 Å². The van der Waals surface area contributed by atoms with E-state index in [0.717, 1.165) is 10.0 Å². The van der Waals surface area contributed by atoms with Crippen molar-refractivity contribution in [2.24, 2.45) is 5.73 Å². The maximum atomic E-state index is 11.2. The molecule has 3 nitrogen and oxygen atoms in total. The molecular weight excluding hydrogens is 269 g/mol. The van der Waals surface area contributed by atoms with Crippen molar-refractivity contribution in [3.8, 4) is 0 Å². The van der Waals surface area contributed by atoms with Gasteiger partial charge in [0.25, 0.3) is 0 Å². The fraction of sp³-hybridized carbons (Fsp3) is 0.222. The zero-order chi connectivity index (χ0) is 9.84. The summed E-state index contributed by atoms with van der Waals surface area (Å²) in [4.78, 5) is 11.2. The number of carbonyl (C=O) groups excluding carboxylic acids is 1. The van der Waals surface area contributed by atoms with E-state index in [1.165, 1.54) is 7.11 Å². The van der Waals surface area contributed by atoms with Crippen LogP contribution < -0.4 is 5.73 Å². The van der Waals surface area contributed by atoms with E-state index in [4.69, 9.17) is 5.73 Å². The molecule has 1 aromatic rings. The minimum Gasteiger partial charge on any atom is -0.465 e. The van der Waals surface area contributed by atoms with Crippen molar-refractivity contribution in [3.05, 3.63) is 33.8 Å². The van der Waals surface area contributed by atoms with Crippen LogP contribution in [0.15, 0.2) is 22.7 Å². The van der Waals surface area contributed by atoms with E-state index in [0.29, 0.717) is 12.1 Å². The molecule has 0 spiro atoms. The summed E-state index contributed by atoms with van der Waals surface area (Å²) < 4.78 is 5.46. The fourth-order valence-corrected chi connectivity index (χ4v) is 1.39. The van der Waals surface area contributed by atoms with Crippen molar-refractivity contribution >= 4 is 34.3 Å². The predicted octanol–water partition coefficient (Wildman–Crippen LogP) is 2.12. The summed E-state index contributed by atoms with van der Waals surface area (Å²) in [5.74, 6) is -0.359. The Morgan fingerprint density at radius 1 is 1.57 bits per heavy atom. The van der Waals surface area contributed by atoms with Gasteiger partial charge in [-0.3, -0.25) is 0 Å². The molecule has 0 saturated carbocycles. The number of methoxy groups -OCH3 is 1. The molecule has 1 rings (SSSR count). The number of hydrogen-bond acceptors (Lipinski definition) is 3. The van der Waals surface area contributed by atoms with E-state index >= 15 is 0 Å². The van der Waals surface area contributed by atoms with Crippen molar-refractivity contribution in [3.63, 3.8) is 0 Å². The lowest BCUT2D eigenvalue weighted by atomic mass is 10.1. The van der Waals surface area contributed by atoms with E-state index in [-0.39, 0.29) is 18.4 Å². The molecule has 0 atom stereocenters. The third-order valence-corrected chi connectivity index (χ3v) is 2.19. The van der Waals surface area contributed by atoms with Gasteiger partial charge in [0.1, 0.15) is 0 Å². The van der Waals surface area contributed by atoms with E-state index in [1.54, 1.807) is 12.1 Å². The second-order valence-corrected chi connectivity index (χ2v) is 3.41. The molecule has 0 saturated heterocycles. The first-order valence-electron chi connectivity index (χ1n) is 3.76. The molecule has 0 aliphatic rings. The standard InChI is InChI=1S/C9H10BrNO2.ClH/c1-13-9(12)8-4-7(10)3-2-6(8)5-11;/h2-4H,5,11H2,1H3;1H. The molecule has 0 radical (unpaired) electrons. The molecule has 0 aromatic heterocycles. The van der Waals surface area contributed by atoms with Crippen LogP contribution in [0, 0.1) is 0 Å². The molecule has 0 amide bonds. The van der Waals surface area contributed by atoms with Crippen molar-refractivity contribution in [1.82, 2.24) is 0 Å². The minimum absolute atomic E-state index is 0. The highest BCUT2D eigenvalue weighted by Gasteiger charge is 2.10. The normalized spacial score (nSPS) is 9.07. The topological polar surface area (TPSA) is 52.3 Å². The van der Waals surface area contributed by atoms with Gasteiger partial charge in [-0.1, -0.05) is 22.0 Å². The van der Waals surface area contributed by atoms with Crippen LogP contribution in [0.5, 0.6) is 0 Å². The minimum atomic E-state index is -0.359. The highest BCUT2D eigenvalue weighted by atomic mass is 79.9. The third kappa shape index (κ3) is 2.97. The molecular formula is C9H11BrClNO2. The monoisotopic (exact) mass is 279 g/mol. The van der Waals surface area contributed by atoms with E-state index < -0.39 is 0 Å². The fourth-order valence-electron chi connectivity index (χ4n) is 1.03. The largest absolute Gasteiger partial charge is 0.465 e. The first-order valence-corrected chi connectivity index (χ1v) is 4.55. The van der Waals surface area contributed by atoms with Gasteiger partial charge < -0.3 is 10.5 Å². The first kappa shape index (κ1) is 13.4. The first-order chi connectivity index (χ1) is 6.19. The van der Waals surface area contributed by atoms with Gasteiger partial charge in [0.05, 0.1) is 12.7 Å². The molecule has 0 fully saturated rings. The van der Waals surface area contributed by atoms with Crippen LogP contribution in [0.3, 0.4) is 0 Å². The Hall–Kier alpha value is -0.580. The molecule has 0 aliphatic heterocycles. The average molecular weight is 281 g/mol. The van der Waals surface area contributed by atoms with Crippen molar-refractivity contribution in [2.75, 3.05) is 7.11 Å². The number of halogens is 2. The second kappa shape index (κ2) is 6.01. The number of hydrogen-bond donors (Lipinski definition) is 1. The molecule has 0 heterocycles. The second-order valence-electron chi connectivity index (χ2n) is 2.50. The number of benzene rings is 1. The summed E-state index contributed by atoms with van der Waals surface area (Å²) in [5.41, 5.74) is 6.77. The van der Waals surface area contributed by atoms with E-state index in [9.17, 15) is 4.79 Å². The Bertz CT molecular complexity index is 331. The molecule has 14 heavy (non-hydrogen) atoms. The lowest BCUT2D eigenvalue weighted by molar-refractivity contribution is 0.0599. The number of carbonyl (C=O) groups is 1. The number of nitrogens with two attached hydrogens (primary N) is 1. The van der Waals surface area contributed by atoms with Crippen LogP contribution >= 0.6 is 28.3 Å². The maximum Gasteiger partial charge on any atom is 0.338 e. The van der Waals surface area contributed by atoms with Crippen LogP contribution in [0.2, 0.25) is 0 Å². The van der Waals surface area contributed by atoms with Gasteiger partial charge in [0.15, 0.2) is 0 Å². The SMILES string of the molecule is COC(=O)c1cc(Br)ccc1CN.Cl. The Kier molecular flexibility index (Phi) is 5.76. The molecule has 0 unspecified atom stereocenters. The van der Waals surface area contributed by atoms with Gasteiger partial charge >= 0.3 is 5.97 Å². The summed E-state index contributed by atoms with van der Waals surface area (Å²) in [5, 5.41) is 0. The average Bonchev–Trinajstić information content (AvgIpc) is 2.16. The quantitative estimate of drug-likeness (QED) is 0.844. The van der Waals surface area contributed by atoms with Gasteiger partial charge in [-0.15, -0.1) is 12.4 Å². The van der Waals surface area contributed by atoms with Crippen LogP contribution in [-0.4, -0.2) is 13.1 Å². The van der Waals surface area contributed by atoms with Crippen LogP contribution in [-0.2, 0) is 11.3 Å². The predicted molar refractivity (Wildman–Crippen MR) is 60.6 cm³/mol. The Balaban J connectivity index is 0.00000169. The van der Waals surface area contributed by atoms with Gasteiger partial charge in [-0.05, 0) is 17.7 Å². The third-order valence-electron chi connectivity index (χ3n) is 1.70. The summed E-state index contributed by atoms with van der Waals surface area (Å²) >= 11 is 3.27. The summed E-state index contributed by atoms with van der Waals surface area (Å²) in [6.07, 6.45) is 0. The van der Waals surface area contributed by atoms with Gasteiger partial charge in [0.2, 0.25) is 0 Å². The molecule has 5 heteroatoms. The summed E-state index contributed by atoms with van der Waals surface area (Å²) in [6.45, 7) is 0.331. The Labute approximate surface area is 97.2 Å². The zero-order valence-corrected chi connectivity index (χ0v) is 10.0. The van der Waals surface area contributed by atoms with E-state index in [1.807, 2.05) is 6.07 Å². The smallest absolute Gasteiger partial charge is 0.338 e. The molecule has 0 aliphatic carbocycles. The Morgan fingerprint density at radius 3 is 2.71 bits per heavy atom. The number of esters is 1. The molecule has 78 valence electrons. The zero-order valence-electron chi connectivity index (χ0n) is 7.62. The van der Waals surface area contributed by atoms with Crippen LogP contribution in [0.4, 0.5) is 0 Å². The van der Waals surface area contributed by atoms with Gasteiger partial charge in [-0.25, -0.2) is 4.79 Å². The van der Waals surface area contributed by atoms with Crippen molar-refractivity contribution in [2.45, 2.75) is 6.54 Å². The van der Waals surface area contributed by atoms with Crippen molar-refractivity contribution < 1.29 is 9.53 Å². The highest BCUT2D eigenvalue weighted by Crippen LogP contribution is 2.17. The molecule has 2 N–H and O–H groups in total. The highest BCUT2D eigenvalue weighted by molar-refractivity contribution is 9.10. The number of rotatable bonds is 2.